The molecule has 0 aliphatic heterocycles. The molecule has 0 saturated carbocycles. The molecule has 3 aliphatic carbocycles. The Hall–Kier alpha value is -4.19. The van der Waals surface area contributed by atoms with Gasteiger partial charge in [-0.1, -0.05) is 56.3 Å². The molecule has 6 heteroatoms. The Morgan fingerprint density at radius 2 is 1.62 bits per heavy atom. The summed E-state index contributed by atoms with van der Waals surface area (Å²) >= 11 is 0. The van der Waals surface area contributed by atoms with Crippen LogP contribution in [-0.4, -0.2) is 32.7 Å². The normalized spacial score (nSPS) is 22.4. The Kier molecular flexibility index (Phi) is 6.17. The molecule has 3 atom stereocenters. The second kappa shape index (κ2) is 9.47. The zero-order valence-electron chi connectivity index (χ0n) is 22.8. The molecule has 0 radical (unpaired) electrons. The highest BCUT2D eigenvalue weighted by Crippen LogP contribution is 2.51. The van der Waals surface area contributed by atoms with Crippen LogP contribution >= 0.6 is 0 Å². The van der Waals surface area contributed by atoms with Gasteiger partial charge in [0.2, 0.25) is 0 Å². The molecule has 204 valence electrons. The summed E-state index contributed by atoms with van der Waals surface area (Å²) in [6, 6.07) is 15.8. The number of carbonyl (C=O) groups excluding carboxylic acids is 3. The van der Waals surface area contributed by atoms with Crippen molar-refractivity contribution in [2.45, 2.75) is 46.5 Å². The average Bonchev–Trinajstić information content (AvgIpc) is 2.88. The highest BCUT2D eigenvalue weighted by Gasteiger charge is 2.50. The number of aliphatic hydroxyl groups excluding tert-OH is 2. The number of benzene rings is 3. The van der Waals surface area contributed by atoms with Gasteiger partial charge in [-0.3, -0.25) is 14.4 Å². The molecule has 0 bridgehead atoms. The van der Waals surface area contributed by atoms with Crippen LogP contribution in [0.1, 0.15) is 55.1 Å². The van der Waals surface area contributed by atoms with Gasteiger partial charge >= 0.3 is 0 Å². The van der Waals surface area contributed by atoms with Crippen LogP contribution in [0.5, 0.6) is 5.75 Å². The highest BCUT2D eigenvalue weighted by molar-refractivity contribution is 6.22. The number of fused-ring (bicyclic) bond motifs is 4. The average molecular weight is 537 g/mol. The molecule has 0 saturated heterocycles. The van der Waals surface area contributed by atoms with Crippen molar-refractivity contribution in [2.24, 2.45) is 23.7 Å². The molecule has 0 amide bonds. The minimum Gasteiger partial charge on any atom is -0.511 e. The number of allylic oxidation sites excluding steroid dienone is 4. The SMILES string of the molecule is CC(=O)C1=C(O)CC2CC3Cc4c(-c5ccc(CC(C)C)c6ccccc56)ccc(O)c4C(=O)C3=C(O)C2C1=O. The minimum atomic E-state index is -1.05. The maximum atomic E-state index is 13.9. The summed E-state index contributed by atoms with van der Waals surface area (Å²) in [5.41, 5.74) is 3.79. The van der Waals surface area contributed by atoms with E-state index in [4.69, 9.17) is 0 Å². The first kappa shape index (κ1) is 26.1. The monoisotopic (exact) mass is 536 g/mol. The molecule has 3 aromatic rings. The molecule has 40 heavy (non-hydrogen) atoms. The fourth-order valence-corrected chi connectivity index (χ4v) is 7.22. The Bertz CT molecular complexity index is 1690. The van der Waals surface area contributed by atoms with E-state index in [-0.39, 0.29) is 46.3 Å². The van der Waals surface area contributed by atoms with Gasteiger partial charge in [0.25, 0.3) is 0 Å². The van der Waals surface area contributed by atoms with Crippen LogP contribution in [0.2, 0.25) is 0 Å². The van der Waals surface area contributed by atoms with Gasteiger partial charge in [0.1, 0.15) is 17.3 Å². The zero-order valence-corrected chi connectivity index (χ0v) is 22.8. The largest absolute Gasteiger partial charge is 0.511 e. The Morgan fingerprint density at radius 1 is 0.925 bits per heavy atom. The number of phenolic OH excluding ortho intramolecular Hbond substituents is 1. The van der Waals surface area contributed by atoms with Crippen molar-refractivity contribution in [2.75, 3.05) is 0 Å². The van der Waals surface area contributed by atoms with Crippen molar-refractivity contribution >= 4 is 28.1 Å². The second-order valence-corrected chi connectivity index (χ2v) is 11.9. The van der Waals surface area contributed by atoms with E-state index < -0.39 is 29.2 Å². The van der Waals surface area contributed by atoms with Crippen LogP contribution in [0.25, 0.3) is 21.9 Å². The molecular weight excluding hydrogens is 504 g/mol. The number of hydrogen-bond acceptors (Lipinski definition) is 6. The van der Waals surface area contributed by atoms with Crippen molar-refractivity contribution < 1.29 is 29.7 Å². The Labute approximate surface area is 232 Å². The Morgan fingerprint density at radius 3 is 2.33 bits per heavy atom. The molecule has 3 aromatic carbocycles. The quantitative estimate of drug-likeness (QED) is 0.325. The number of rotatable bonds is 4. The third-order valence-corrected chi connectivity index (χ3v) is 8.81. The Balaban J connectivity index is 1.50. The first-order chi connectivity index (χ1) is 19.1. The van der Waals surface area contributed by atoms with Crippen LogP contribution in [0, 0.1) is 23.7 Å². The van der Waals surface area contributed by atoms with Crippen molar-refractivity contribution in [1.82, 2.24) is 0 Å². The number of carbonyl (C=O) groups is 3. The summed E-state index contributed by atoms with van der Waals surface area (Å²) < 4.78 is 0. The van der Waals surface area contributed by atoms with E-state index in [0.29, 0.717) is 18.8 Å². The first-order valence-electron chi connectivity index (χ1n) is 13.9. The zero-order chi connectivity index (χ0) is 28.5. The van der Waals surface area contributed by atoms with Crippen LogP contribution in [0.3, 0.4) is 0 Å². The van der Waals surface area contributed by atoms with Crippen LogP contribution in [-0.2, 0) is 22.4 Å². The molecule has 0 heterocycles. The molecule has 3 aliphatic rings. The van der Waals surface area contributed by atoms with Gasteiger partial charge in [-0.15, -0.1) is 0 Å². The smallest absolute Gasteiger partial charge is 0.196 e. The fourth-order valence-electron chi connectivity index (χ4n) is 7.22. The lowest BCUT2D eigenvalue weighted by molar-refractivity contribution is -0.125. The number of aromatic hydroxyl groups is 1. The number of ketones is 3. The van der Waals surface area contributed by atoms with Crippen molar-refractivity contribution in [1.29, 1.82) is 0 Å². The van der Waals surface area contributed by atoms with Gasteiger partial charge < -0.3 is 15.3 Å². The van der Waals surface area contributed by atoms with Crippen molar-refractivity contribution in [3.05, 3.63) is 87.9 Å². The summed E-state index contributed by atoms with van der Waals surface area (Å²) in [6.45, 7) is 5.59. The van der Waals surface area contributed by atoms with Gasteiger partial charge in [0.15, 0.2) is 17.3 Å². The molecule has 3 N–H and O–H groups in total. The second-order valence-electron chi connectivity index (χ2n) is 11.9. The number of aliphatic hydroxyl groups is 2. The van der Waals surface area contributed by atoms with E-state index in [1.165, 1.54) is 18.6 Å². The van der Waals surface area contributed by atoms with Crippen LogP contribution in [0.15, 0.2) is 71.2 Å². The predicted molar refractivity (Wildman–Crippen MR) is 152 cm³/mol. The minimum absolute atomic E-state index is 0.0923. The van der Waals surface area contributed by atoms with Gasteiger partial charge in [0.05, 0.1) is 17.1 Å². The van der Waals surface area contributed by atoms with Gasteiger partial charge in [-0.25, -0.2) is 0 Å². The third kappa shape index (κ3) is 3.88. The lowest BCUT2D eigenvalue weighted by Crippen LogP contribution is -2.42. The summed E-state index contributed by atoms with van der Waals surface area (Å²) in [5, 5.41) is 34.9. The van der Waals surface area contributed by atoms with E-state index in [1.807, 2.05) is 18.2 Å². The first-order valence-corrected chi connectivity index (χ1v) is 13.9. The molecule has 0 fully saturated rings. The summed E-state index contributed by atoms with van der Waals surface area (Å²) in [7, 11) is 0. The third-order valence-electron chi connectivity index (χ3n) is 8.81. The summed E-state index contributed by atoms with van der Waals surface area (Å²) in [4.78, 5) is 39.2. The molecule has 6 rings (SSSR count). The number of hydrogen-bond donors (Lipinski definition) is 3. The number of Topliss-reactive ketones (excluding diaryl/α,β-unsaturated/α-hetero) is 3. The summed E-state index contributed by atoms with van der Waals surface area (Å²) in [6.07, 6.45) is 1.83. The molecule has 3 unspecified atom stereocenters. The van der Waals surface area contributed by atoms with Crippen molar-refractivity contribution in [3.8, 4) is 16.9 Å². The maximum Gasteiger partial charge on any atom is 0.196 e. The topological polar surface area (TPSA) is 112 Å². The standard InChI is InChI=1S/C34H32O6/c1-16(2)12-18-8-9-23(22-7-5-4-6-21(18)22)24-10-11-26(36)31-25(24)14-19-13-20-15-27(37)28(17(3)35)32(38)30(20)33(39)29(19)34(31)40/h4-11,16,19-20,30,36-37,39H,12-15H2,1-3H3. The lowest BCUT2D eigenvalue weighted by Gasteiger charge is -2.41. The number of phenols is 1. The van der Waals surface area contributed by atoms with E-state index >= 15 is 0 Å². The van der Waals surface area contributed by atoms with Crippen molar-refractivity contribution in [3.63, 3.8) is 0 Å². The molecule has 0 spiro atoms. The highest BCUT2D eigenvalue weighted by atomic mass is 16.3. The lowest BCUT2D eigenvalue weighted by atomic mass is 9.62. The fraction of sp³-hybridized carbons (Fsp3) is 0.324. The van der Waals surface area contributed by atoms with E-state index in [0.717, 1.165) is 33.9 Å². The van der Waals surface area contributed by atoms with Gasteiger partial charge in [-0.2, -0.15) is 0 Å². The molecular formula is C34H32O6. The molecule has 6 nitrogen and oxygen atoms in total. The predicted octanol–water partition coefficient (Wildman–Crippen LogP) is 6.59. The van der Waals surface area contributed by atoms with E-state index in [1.54, 1.807) is 0 Å². The van der Waals surface area contributed by atoms with E-state index in [2.05, 4.69) is 38.1 Å². The van der Waals surface area contributed by atoms with Crippen LogP contribution in [0.4, 0.5) is 0 Å². The maximum absolute atomic E-state index is 13.9. The van der Waals surface area contributed by atoms with Gasteiger partial charge in [0, 0.05) is 12.0 Å². The van der Waals surface area contributed by atoms with Crippen LogP contribution < -0.4 is 0 Å². The van der Waals surface area contributed by atoms with E-state index in [9.17, 15) is 29.7 Å². The van der Waals surface area contributed by atoms with Gasteiger partial charge in [-0.05, 0) is 83.0 Å². The molecule has 0 aromatic heterocycles. The summed E-state index contributed by atoms with van der Waals surface area (Å²) in [5.74, 6) is -3.79.